The van der Waals surface area contributed by atoms with Gasteiger partial charge in [0.15, 0.2) is 0 Å². The van der Waals surface area contributed by atoms with Crippen LogP contribution < -0.4 is 5.32 Å². The van der Waals surface area contributed by atoms with Gasteiger partial charge in [-0.2, -0.15) is 0 Å². The quantitative estimate of drug-likeness (QED) is 0.537. The molecule has 0 heterocycles. The molecule has 1 unspecified atom stereocenters. The Morgan fingerprint density at radius 2 is 2.07 bits per heavy atom. The van der Waals surface area contributed by atoms with Gasteiger partial charge in [0.2, 0.25) is 0 Å². The Hall–Kier alpha value is -0.300. The molecule has 1 aliphatic rings. The van der Waals surface area contributed by atoms with Crippen molar-refractivity contribution in [3.63, 3.8) is 0 Å². The zero-order chi connectivity index (χ0) is 10.4. The first-order valence-electron chi connectivity index (χ1n) is 5.98. The molecule has 0 amide bonds. The summed E-state index contributed by atoms with van der Waals surface area (Å²) in [5.41, 5.74) is 0.580. The first-order valence-corrected chi connectivity index (χ1v) is 5.98. The summed E-state index contributed by atoms with van der Waals surface area (Å²) in [6.07, 6.45) is 11.2. The number of rotatable bonds is 3. The van der Waals surface area contributed by atoms with Crippen LogP contribution in [0.25, 0.3) is 0 Å². The highest BCUT2D eigenvalue weighted by atomic mass is 14.9. The molecule has 14 heavy (non-hydrogen) atoms. The zero-order valence-corrected chi connectivity index (χ0v) is 9.97. The molecule has 0 radical (unpaired) electrons. The minimum Gasteiger partial charge on any atom is -0.311 e. The zero-order valence-electron chi connectivity index (χ0n) is 9.97. The smallest absolute Gasteiger partial charge is 0.0137 e. The third kappa shape index (κ3) is 4.28. The molecule has 0 spiro atoms. The first-order chi connectivity index (χ1) is 6.64. The molecule has 1 fully saturated rings. The van der Waals surface area contributed by atoms with Gasteiger partial charge in [-0.1, -0.05) is 32.4 Å². The molecule has 0 aromatic heterocycles. The molecule has 0 aliphatic heterocycles. The Bertz CT molecular complexity index is 182. The lowest BCUT2D eigenvalue weighted by Crippen LogP contribution is -2.28. The van der Waals surface area contributed by atoms with Crippen molar-refractivity contribution in [2.75, 3.05) is 6.54 Å². The molecular weight excluding hydrogens is 170 g/mol. The molecule has 0 aromatic rings. The highest BCUT2D eigenvalue weighted by Crippen LogP contribution is 2.33. The maximum atomic E-state index is 3.61. The molecule has 82 valence electrons. The highest BCUT2D eigenvalue weighted by molar-refractivity contribution is 4.84. The fraction of sp³-hybridized carbons (Fsp3) is 0.846. The van der Waals surface area contributed by atoms with Gasteiger partial charge in [0, 0.05) is 12.6 Å². The fourth-order valence-electron chi connectivity index (χ4n) is 2.22. The summed E-state index contributed by atoms with van der Waals surface area (Å²) in [5.74, 6) is 0. The van der Waals surface area contributed by atoms with Crippen molar-refractivity contribution in [2.45, 2.75) is 58.9 Å². The molecule has 1 heteroatoms. The van der Waals surface area contributed by atoms with Crippen LogP contribution in [0.1, 0.15) is 52.9 Å². The van der Waals surface area contributed by atoms with E-state index in [0.717, 1.165) is 12.6 Å². The van der Waals surface area contributed by atoms with Crippen molar-refractivity contribution in [1.29, 1.82) is 0 Å². The van der Waals surface area contributed by atoms with Crippen LogP contribution in [0.5, 0.6) is 0 Å². The van der Waals surface area contributed by atoms with Crippen LogP contribution in [-0.2, 0) is 0 Å². The maximum Gasteiger partial charge on any atom is 0.0137 e. The standard InChI is InChI=1S/C13H25N/c1-4-5-11-14-12-7-6-9-13(2,3)10-8-12/h4-5,12,14H,6-11H2,1-3H3/b5-4+. The maximum absolute atomic E-state index is 3.61. The minimum atomic E-state index is 0.580. The van der Waals surface area contributed by atoms with Crippen molar-refractivity contribution in [3.05, 3.63) is 12.2 Å². The summed E-state index contributed by atoms with van der Waals surface area (Å²) in [7, 11) is 0. The van der Waals surface area contributed by atoms with E-state index in [1.54, 1.807) is 0 Å². The number of hydrogen-bond donors (Lipinski definition) is 1. The lowest BCUT2D eigenvalue weighted by Gasteiger charge is -2.22. The molecule has 1 rings (SSSR count). The molecule has 0 aromatic carbocycles. The number of allylic oxidation sites excluding steroid dienone is 1. The summed E-state index contributed by atoms with van der Waals surface area (Å²) >= 11 is 0. The Morgan fingerprint density at radius 3 is 2.79 bits per heavy atom. The van der Waals surface area contributed by atoms with Gasteiger partial charge in [-0.15, -0.1) is 0 Å². The molecule has 1 atom stereocenters. The van der Waals surface area contributed by atoms with Gasteiger partial charge in [0.25, 0.3) is 0 Å². The van der Waals surface area contributed by atoms with E-state index in [-0.39, 0.29) is 0 Å². The molecule has 1 nitrogen and oxygen atoms in total. The predicted octanol–water partition coefficient (Wildman–Crippen LogP) is 3.51. The molecule has 0 bridgehead atoms. The fourth-order valence-corrected chi connectivity index (χ4v) is 2.22. The van der Waals surface area contributed by atoms with E-state index in [2.05, 4.69) is 38.2 Å². The average Bonchev–Trinajstić information content (AvgIpc) is 2.28. The molecule has 1 aliphatic carbocycles. The normalized spacial score (nSPS) is 27.8. The van der Waals surface area contributed by atoms with Gasteiger partial charge in [0.1, 0.15) is 0 Å². The van der Waals surface area contributed by atoms with Gasteiger partial charge in [-0.25, -0.2) is 0 Å². The van der Waals surface area contributed by atoms with Crippen LogP contribution in [0.4, 0.5) is 0 Å². The van der Waals surface area contributed by atoms with E-state index < -0.39 is 0 Å². The van der Waals surface area contributed by atoms with E-state index in [1.807, 2.05) is 0 Å². The SMILES string of the molecule is C/C=C/CNC1CCCC(C)(C)CC1. The second kappa shape index (κ2) is 5.55. The van der Waals surface area contributed by atoms with Gasteiger partial charge in [-0.3, -0.25) is 0 Å². The van der Waals surface area contributed by atoms with E-state index >= 15 is 0 Å². The largest absolute Gasteiger partial charge is 0.311 e. The average molecular weight is 195 g/mol. The molecule has 0 saturated heterocycles. The second-order valence-electron chi connectivity index (χ2n) is 5.27. The topological polar surface area (TPSA) is 12.0 Å². The van der Waals surface area contributed by atoms with Crippen LogP contribution in [0.3, 0.4) is 0 Å². The Balaban J connectivity index is 2.27. The molecular formula is C13H25N. The minimum absolute atomic E-state index is 0.580. The van der Waals surface area contributed by atoms with E-state index in [1.165, 1.54) is 32.1 Å². The summed E-state index contributed by atoms with van der Waals surface area (Å²) in [6, 6.07) is 0.757. The van der Waals surface area contributed by atoms with Crippen molar-refractivity contribution < 1.29 is 0 Å². The van der Waals surface area contributed by atoms with Crippen LogP contribution in [0, 0.1) is 5.41 Å². The first kappa shape index (κ1) is 11.8. The van der Waals surface area contributed by atoms with Crippen LogP contribution >= 0.6 is 0 Å². The van der Waals surface area contributed by atoms with E-state index in [9.17, 15) is 0 Å². The Morgan fingerprint density at radius 1 is 1.29 bits per heavy atom. The van der Waals surface area contributed by atoms with Gasteiger partial charge in [0.05, 0.1) is 0 Å². The van der Waals surface area contributed by atoms with E-state index in [0.29, 0.717) is 5.41 Å². The summed E-state index contributed by atoms with van der Waals surface area (Å²) < 4.78 is 0. The predicted molar refractivity (Wildman–Crippen MR) is 63.5 cm³/mol. The lowest BCUT2D eigenvalue weighted by molar-refractivity contribution is 0.310. The van der Waals surface area contributed by atoms with Crippen molar-refractivity contribution in [3.8, 4) is 0 Å². The third-order valence-electron chi connectivity index (χ3n) is 3.34. The Kier molecular flexibility index (Phi) is 4.67. The molecule has 1 N–H and O–H groups in total. The van der Waals surface area contributed by atoms with Crippen LogP contribution in [0.2, 0.25) is 0 Å². The van der Waals surface area contributed by atoms with Gasteiger partial charge >= 0.3 is 0 Å². The summed E-state index contributed by atoms with van der Waals surface area (Å²) in [5, 5.41) is 3.61. The summed E-state index contributed by atoms with van der Waals surface area (Å²) in [6.45, 7) is 7.93. The number of nitrogens with one attached hydrogen (secondary N) is 1. The lowest BCUT2D eigenvalue weighted by atomic mass is 9.85. The molecule has 1 saturated carbocycles. The second-order valence-corrected chi connectivity index (χ2v) is 5.27. The highest BCUT2D eigenvalue weighted by Gasteiger charge is 2.23. The third-order valence-corrected chi connectivity index (χ3v) is 3.34. The summed E-state index contributed by atoms with van der Waals surface area (Å²) in [4.78, 5) is 0. The van der Waals surface area contributed by atoms with Gasteiger partial charge in [-0.05, 0) is 38.0 Å². The monoisotopic (exact) mass is 195 g/mol. The van der Waals surface area contributed by atoms with Crippen molar-refractivity contribution >= 4 is 0 Å². The number of hydrogen-bond acceptors (Lipinski definition) is 1. The van der Waals surface area contributed by atoms with Crippen LogP contribution in [0.15, 0.2) is 12.2 Å². The van der Waals surface area contributed by atoms with E-state index in [4.69, 9.17) is 0 Å². The van der Waals surface area contributed by atoms with Gasteiger partial charge < -0.3 is 5.32 Å². The van der Waals surface area contributed by atoms with Crippen molar-refractivity contribution in [1.82, 2.24) is 5.32 Å². The Labute approximate surface area is 89.0 Å². The van der Waals surface area contributed by atoms with Crippen LogP contribution in [-0.4, -0.2) is 12.6 Å². The van der Waals surface area contributed by atoms with Crippen molar-refractivity contribution in [2.24, 2.45) is 5.41 Å².